The fourth-order valence-electron chi connectivity index (χ4n) is 1.27. The van der Waals surface area contributed by atoms with Crippen LogP contribution in [0.4, 0.5) is 0 Å². The fraction of sp³-hybridized carbons (Fsp3) is 1.00. The highest BCUT2D eigenvalue weighted by atomic mass is 15.2. The van der Waals surface area contributed by atoms with Gasteiger partial charge in [0.25, 0.3) is 0 Å². The molecule has 0 saturated carbocycles. The van der Waals surface area contributed by atoms with Crippen molar-refractivity contribution in [2.75, 3.05) is 26.2 Å². The van der Waals surface area contributed by atoms with Crippen molar-refractivity contribution in [1.29, 1.82) is 0 Å². The molecule has 0 aromatic heterocycles. The van der Waals surface area contributed by atoms with Crippen LogP contribution in [0.15, 0.2) is 0 Å². The molecule has 0 aliphatic carbocycles. The lowest BCUT2D eigenvalue weighted by Crippen LogP contribution is -2.56. The van der Waals surface area contributed by atoms with E-state index in [-0.39, 0.29) is 0 Å². The molecule has 1 aliphatic heterocycles. The van der Waals surface area contributed by atoms with Crippen LogP contribution in [0.2, 0.25) is 0 Å². The van der Waals surface area contributed by atoms with Crippen molar-refractivity contribution < 1.29 is 0 Å². The van der Waals surface area contributed by atoms with Gasteiger partial charge in [0.05, 0.1) is 0 Å². The van der Waals surface area contributed by atoms with Crippen LogP contribution in [0.25, 0.3) is 0 Å². The van der Waals surface area contributed by atoms with Gasteiger partial charge in [-0.15, -0.1) is 0 Å². The number of likely N-dealkylation sites (N-methyl/N-ethyl adjacent to an activating group) is 1. The molecule has 2 heteroatoms. The minimum absolute atomic E-state index is 0.833. The average Bonchev–Trinajstić information content (AvgIpc) is 2.00. The van der Waals surface area contributed by atoms with Gasteiger partial charge in [0, 0.05) is 19.1 Å². The molecule has 2 nitrogen and oxygen atoms in total. The molecule has 1 rings (SSSR count). The standard InChI is InChI=1S/C7H16N2.C2H6/c1-3-9(4-2)7-5-8-6-7;1-2/h7-8H,3-6H2,1-2H3;1-2H3. The summed E-state index contributed by atoms with van der Waals surface area (Å²) >= 11 is 0. The van der Waals surface area contributed by atoms with Crippen molar-refractivity contribution in [1.82, 2.24) is 10.2 Å². The molecule has 1 heterocycles. The molecule has 0 aromatic rings. The summed E-state index contributed by atoms with van der Waals surface area (Å²) in [5.41, 5.74) is 0. The van der Waals surface area contributed by atoms with Crippen molar-refractivity contribution in [3.05, 3.63) is 0 Å². The van der Waals surface area contributed by atoms with Crippen LogP contribution in [0.3, 0.4) is 0 Å². The zero-order chi connectivity index (χ0) is 8.69. The van der Waals surface area contributed by atoms with Gasteiger partial charge in [-0.1, -0.05) is 27.7 Å². The Balaban J connectivity index is 0.000000461. The molecule has 11 heavy (non-hydrogen) atoms. The van der Waals surface area contributed by atoms with E-state index in [1.165, 1.54) is 26.2 Å². The molecule has 1 N–H and O–H groups in total. The predicted molar refractivity (Wildman–Crippen MR) is 50.9 cm³/mol. The van der Waals surface area contributed by atoms with Gasteiger partial charge in [0.15, 0.2) is 0 Å². The number of rotatable bonds is 3. The summed E-state index contributed by atoms with van der Waals surface area (Å²) in [6.45, 7) is 13.2. The lowest BCUT2D eigenvalue weighted by molar-refractivity contribution is 0.161. The van der Waals surface area contributed by atoms with E-state index < -0.39 is 0 Å². The van der Waals surface area contributed by atoms with E-state index in [9.17, 15) is 0 Å². The summed E-state index contributed by atoms with van der Waals surface area (Å²) in [5.74, 6) is 0. The molecule has 0 radical (unpaired) electrons. The topological polar surface area (TPSA) is 15.3 Å². The van der Waals surface area contributed by atoms with E-state index in [2.05, 4.69) is 24.1 Å². The quantitative estimate of drug-likeness (QED) is 0.666. The highest BCUT2D eigenvalue weighted by Gasteiger charge is 2.21. The van der Waals surface area contributed by atoms with Crippen LogP contribution in [-0.2, 0) is 0 Å². The van der Waals surface area contributed by atoms with Crippen LogP contribution in [0.5, 0.6) is 0 Å². The lowest BCUT2D eigenvalue weighted by Gasteiger charge is -2.36. The normalized spacial score (nSPS) is 17.2. The van der Waals surface area contributed by atoms with Crippen molar-refractivity contribution >= 4 is 0 Å². The Morgan fingerprint density at radius 1 is 1.18 bits per heavy atom. The summed E-state index contributed by atoms with van der Waals surface area (Å²) in [6, 6.07) is 0.833. The first-order valence-electron chi connectivity index (χ1n) is 4.83. The molecule has 0 atom stereocenters. The average molecular weight is 158 g/mol. The van der Waals surface area contributed by atoms with E-state index in [1.54, 1.807) is 0 Å². The Hall–Kier alpha value is -0.0800. The molecule has 68 valence electrons. The smallest absolute Gasteiger partial charge is 0.0345 e. The number of hydrogen-bond donors (Lipinski definition) is 1. The monoisotopic (exact) mass is 158 g/mol. The Morgan fingerprint density at radius 2 is 1.64 bits per heavy atom. The highest BCUT2D eigenvalue weighted by molar-refractivity contribution is 4.83. The van der Waals surface area contributed by atoms with Gasteiger partial charge < -0.3 is 5.32 Å². The molecule has 0 unspecified atom stereocenters. The number of nitrogens with one attached hydrogen (secondary N) is 1. The van der Waals surface area contributed by atoms with E-state index in [0.717, 1.165) is 6.04 Å². The summed E-state index contributed by atoms with van der Waals surface area (Å²) in [7, 11) is 0. The minimum atomic E-state index is 0.833. The van der Waals surface area contributed by atoms with Crippen LogP contribution in [-0.4, -0.2) is 37.1 Å². The molecular weight excluding hydrogens is 136 g/mol. The molecule has 0 bridgehead atoms. The molecule has 0 aromatic carbocycles. The molecule has 0 spiro atoms. The lowest BCUT2D eigenvalue weighted by atomic mass is 10.1. The molecule has 1 fully saturated rings. The van der Waals surface area contributed by atoms with Gasteiger partial charge in [-0.25, -0.2) is 0 Å². The largest absolute Gasteiger partial charge is 0.314 e. The third kappa shape index (κ3) is 3.21. The van der Waals surface area contributed by atoms with Crippen molar-refractivity contribution in [2.24, 2.45) is 0 Å². The van der Waals surface area contributed by atoms with Gasteiger partial charge in [-0.2, -0.15) is 0 Å². The third-order valence-electron chi connectivity index (χ3n) is 2.09. The van der Waals surface area contributed by atoms with Gasteiger partial charge in [0.2, 0.25) is 0 Å². The van der Waals surface area contributed by atoms with Crippen molar-refractivity contribution in [3.8, 4) is 0 Å². The summed E-state index contributed by atoms with van der Waals surface area (Å²) in [6.07, 6.45) is 0. The van der Waals surface area contributed by atoms with E-state index in [0.29, 0.717) is 0 Å². The van der Waals surface area contributed by atoms with E-state index in [1.807, 2.05) is 13.8 Å². The highest BCUT2D eigenvalue weighted by Crippen LogP contribution is 2.02. The van der Waals surface area contributed by atoms with Crippen molar-refractivity contribution in [2.45, 2.75) is 33.7 Å². The summed E-state index contributed by atoms with van der Waals surface area (Å²) in [5, 5.41) is 3.27. The van der Waals surface area contributed by atoms with Crippen LogP contribution >= 0.6 is 0 Å². The zero-order valence-corrected chi connectivity index (χ0v) is 8.35. The fourth-order valence-corrected chi connectivity index (χ4v) is 1.27. The molecule has 0 amide bonds. The second kappa shape index (κ2) is 6.62. The van der Waals surface area contributed by atoms with Gasteiger partial charge >= 0.3 is 0 Å². The van der Waals surface area contributed by atoms with E-state index in [4.69, 9.17) is 0 Å². The second-order valence-corrected chi connectivity index (χ2v) is 2.53. The Labute approximate surface area is 71.0 Å². The molecular formula is C9H22N2. The first kappa shape index (κ1) is 10.9. The summed E-state index contributed by atoms with van der Waals surface area (Å²) < 4.78 is 0. The van der Waals surface area contributed by atoms with Crippen LogP contribution in [0.1, 0.15) is 27.7 Å². The van der Waals surface area contributed by atoms with Gasteiger partial charge in [-0.3, -0.25) is 4.90 Å². The zero-order valence-electron chi connectivity index (χ0n) is 8.35. The third-order valence-corrected chi connectivity index (χ3v) is 2.09. The van der Waals surface area contributed by atoms with Crippen LogP contribution < -0.4 is 5.32 Å². The van der Waals surface area contributed by atoms with Crippen LogP contribution in [0, 0.1) is 0 Å². The Kier molecular flexibility index (Phi) is 6.57. The maximum Gasteiger partial charge on any atom is 0.0345 e. The second-order valence-electron chi connectivity index (χ2n) is 2.53. The maximum absolute atomic E-state index is 3.27. The molecule has 1 aliphatic rings. The Bertz CT molecular complexity index is 75.6. The SMILES string of the molecule is CC.CCN(CC)C1CNC1. The van der Waals surface area contributed by atoms with Crippen molar-refractivity contribution in [3.63, 3.8) is 0 Å². The first-order chi connectivity index (χ1) is 5.38. The predicted octanol–water partition coefficient (Wildman–Crippen LogP) is 1.33. The number of hydrogen-bond acceptors (Lipinski definition) is 2. The number of nitrogens with zero attached hydrogens (tertiary/aromatic N) is 1. The maximum atomic E-state index is 3.27. The molecule has 1 saturated heterocycles. The Morgan fingerprint density at radius 3 is 1.73 bits per heavy atom. The van der Waals surface area contributed by atoms with Gasteiger partial charge in [-0.05, 0) is 13.1 Å². The minimum Gasteiger partial charge on any atom is -0.314 e. The van der Waals surface area contributed by atoms with E-state index >= 15 is 0 Å². The summed E-state index contributed by atoms with van der Waals surface area (Å²) in [4.78, 5) is 2.50. The first-order valence-corrected chi connectivity index (χ1v) is 4.83. The van der Waals surface area contributed by atoms with Gasteiger partial charge in [0.1, 0.15) is 0 Å².